The molecule has 1 heterocycles. The number of amides is 1. The Morgan fingerprint density at radius 1 is 1.56 bits per heavy atom. The lowest BCUT2D eigenvalue weighted by atomic mass is 9.77. The molecule has 0 spiro atoms. The van der Waals surface area contributed by atoms with Crippen molar-refractivity contribution in [2.75, 3.05) is 20.3 Å². The number of methoxy groups -OCH3 is 1. The molecule has 1 amide bonds. The number of carbonyl (C=O) groups excluding carboxylic acids is 1. The Balaban J connectivity index is 2.65. The van der Waals surface area contributed by atoms with E-state index in [-0.39, 0.29) is 24.0 Å². The molecule has 6 heteroatoms. The molecule has 2 atom stereocenters. The minimum atomic E-state index is -1.08. The van der Waals surface area contributed by atoms with Crippen molar-refractivity contribution in [3.8, 4) is 0 Å². The molecule has 1 rings (SSSR count). The highest BCUT2D eigenvalue weighted by Crippen LogP contribution is 2.30. The zero-order valence-corrected chi connectivity index (χ0v) is 11.2. The molecule has 18 heavy (non-hydrogen) atoms. The number of carboxylic acid groups (broad SMARTS) is 1. The third-order valence-electron chi connectivity index (χ3n) is 3.34. The maximum absolute atomic E-state index is 12.1. The van der Waals surface area contributed by atoms with E-state index in [1.807, 2.05) is 13.8 Å². The molecular formula is C12H22N2O4. The van der Waals surface area contributed by atoms with Crippen LogP contribution in [-0.2, 0) is 14.3 Å². The molecule has 0 aromatic heterocycles. The van der Waals surface area contributed by atoms with Crippen LogP contribution in [0.3, 0.4) is 0 Å². The minimum absolute atomic E-state index is 0.0335. The smallest absolute Gasteiger partial charge is 0.328 e. The van der Waals surface area contributed by atoms with E-state index in [1.54, 1.807) is 0 Å². The van der Waals surface area contributed by atoms with Gasteiger partial charge in [0, 0.05) is 7.11 Å². The quantitative estimate of drug-likeness (QED) is 0.645. The van der Waals surface area contributed by atoms with Crippen LogP contribution >= 0.6 is 0 Å². The number of piperidine rings is 1. The van der Waals surface area contributed by atoms with E-state index in [0.717, 1.165) is 19.4 Å². The fourth-order valence-corrected chi connectivity index (χ4v) is 2.26. The molecule has 0 saturated carbocycles. The summed E-state index contributed by atoms with van der Waals surface area (Å²) in [6.45, 7) is 4.77. The van der Waals surface area contributed by atoms with Gasteiger partial charge in [0.25, 0.3) is 0 Å². The molecule has 104 valence electrons. The summed E-state index contributed by atoms with van der Waals surface area (Å²) in [5, 5.41) is 14.6. The molecule has 1 aliphatic heterocycles. The van der Waals surface area contributed by atoms with E-state index in [0.29, 0.717) is 0 Å². The molecule has 0 bridgehead atoms. The molecule has 0 radical (unpaired) electrons. The van der Waals surface area contributed by atoms with Crippen molar-refractivity contribution in [2.24, 2.45) is 5.41 Å². The number of hydrogen-bond donors (Lipinski definition) is 3. The van der Waals surface area contributed by atoms with Crippen LogP contribution in [0.2, 0.25) is 0 Å². The number of carboxylic acids is 1. The van der Waals surface area contributed by atoms with Gasteiger partial charge in [-0.05, 0) is 24.8 Å². The van der Waals surface area contributed by atoms with Gasteiger partial charge in [-0.3, -0.25) is 4.79 Å². The Bertz CT molecular complexity index is 317. The summed E-state index contributed by atoms with van der Waals surface area (Å²) < 4.78 is 4.79. The molecule has 0 aromatic carbocycles. The van der Waals surface area contributed by atoms with Crippen molar-refractivity contribution in [1.82, 2.24) is 10.6 Å². The van der Waals surface area contributed by atoms with Crippen molar-refractivity contribution in [2.45, 2.75) is 38.8 Å². The average Bonchev–Trinajstić information content (AvgIpc) is 2.27. The standard InChI is InChI=1S/C12H22N2O4/c1-12(2)5-4-6-13-9(12)10(15)14-8(7-18-3)11(16)17/h8-9,13H,4-7H2,1-3H3,(H,14,15)(H,16,17). The van der Waals surface area contributed by atoms with E-state index < -0.39 is 12.0 Å². The largest absolute Gasteiger partial charge is 0.480 e. The Morgan fingerprint density at radius 3 is 2.72 bits per heavy atom. The minimum Gasteiger partial charge on any atom is -0.480 e. The number of carbonyl (C=O) groups is 2. The second-order valence-electron chi connectivity index (χ2n) is 5.33. The molecule has 0 aliphatic carbocycles. The molecule has 2 unspecified atom stereocenters. The third kappa shape index (κ3) is 3.68. The highest BCUT2D eigenvalue weighted by molar-refractivity contribution is 5.87. The van der Waals surface area contributed by atoms with Crippen molar-refractivity contribution in [1.29, 1.82) is 0 Å². The zero-order chi connectivity index (χ0) is 13.8. The average molecular weight is 258 g/mol. The molecule has 0 aromatic rings. The van der Waals surface area contributed by atoms with E-state index in [9.17, 15) is 9.59 Å². The zero-order valence-electron chi connectivity index (χ0n) is 11.2. The van der Waals surface area contributed by atoms with E-state index in [1.165, 1.54) is 7.11 Å². The van der Waals surface area contributed by atoms with Gasteiger partial charge < -0.3 is 20.5 Å². The van der Waals surface area contributed by atoms with Crippen molar-refractivity contribution < 1.29 is 19.4 Å². The van der Waals surface area contributed by atoms with Crippen LogP contribution in [0.4, 0.5) is 0 Å². The molecule has 6 nitrogen and oxygen atoms in total. The second-order valence-corrected chi connectivity index (χ2v) is 5.33. The number of aliphatic carboxylic acids is 1. The molecule has 1 aliphatic rings. The highest BCUT2D eigenvalue weighted by Gasteiger charge is 2.38. The number of nitrogens with one attached hydrogen (secondary N) is 2. The van der Waals surface area contributed by atoms with Crippen LogP contribution in [-0.4, -0.2) is 49.3 Å². The normalized spacial score (nSPS) is 24.3. The van der Waals surface area contributed by atoms with Crippen molar-refractivity contribution >= 4 is 11.9 Å². The van der Waals surface area contributed by atoms with Gasteiger partial charge in [-0.25, -0.2) is 4.79 Å². The lowest BCUT2D eigenvalue weighted by molar-refractivity contribution is -0.144. The maximum atomic E-state index is 12.1. The first-order valence-corrected chi connectivity index (χ1v) is 6.14. The van der Waals surface area contributed by atoms with E-state index in [4.69, 9.17) is 9.84 Å². The Morgan fingerprint density at radius 2 is 2.22 bits per heavy atom. The lowest BCUT2D eigenvalue weighted by Gasteiger charge is -2.38. The van der Waals surface area contributed by atoms with Crippen LogP contribution in [0.25, 0.3) is 0 Å². The van der Waals surface area contributed by atoms with Gasteiger partial charge in [-0.1, -0.05) is 13.8 Å². The Kier molecular flexibility index (Phi) is 5.10. The summed E-state index contributed by atoms with van der Waals surface area (Å²) >= 11 is 0. The molecular weight excluding hydrogens is 236 g/mol. The predicted molar refractivity (Wildman–Crippen MR) is 66.2 cm³/mol. The van der Waals surface area contributed by atoms with Gasteiger partial charge in [0.15, 0.2) is 6.04 Å². The summed E-state index contributed by atoms with van der Waals surface area (Å²) in [5.74, 6) is -1.36. The molecule has 1 saturated heterocycles. The molecule has 1 fully saturated rings. The summed E-state index contributed by atoms with van der Waals surface area (Å²) in [7, 11) is 1.41. The summed E-state index contributed by atoms with van der Waals surface area (Å²) in [6, 6.07) is -1.35. The Hall–Kier alpha value is -1.14. The fraction of sp³-hybridized carbons (Fsp3) is 0.833. The second kappa shape index (κ2) is 6.15. The monoisotopic (exact) mass is 258 g/mol. The van der Waals surface area contributed by atoms with Crippen molar-refractivity contribution in [3.05, 3.63) is 0 Å². The van der Waals surface area contributed by atoms with Gasteiger partial charge in [-0.15, -0.1) is 0 Å². The first kappa shape index (κ1) is 14.9. The summed E-state index contributed by atoms with van der Waals surface area (Å²) in [6.07, 6.45) is 1.97. The summed E-state index contributed by atoms with van der Waals surface area (Å²) in [4.78, 5) is 23.1. The van der Waals surface area contributed by atoms with Crippen molar-refractivity contribution in [3.63, 3.8) is 0 Å². The van der Waals surface area contributed by atoms with Gasteiger partial charge >= 0.3 is 5.97 Å². The SMILES string of the molecule is COCC(NC(=O)C1NCCCC1(C)C)C(=O)O. The first-order chi connectivity index (χ1) is 8.38. The fourth-order valence-electron chi connectivity index (χ4n) is 2.26. The van der Waals surface area contributed by atoms with Crippen LogP contribution in [0.1, 0.15) is 26.7 Å². The van der Waals surface area contributed by atoms with Crippen LogP contribution < -0.4 is 10.6 Å². The van der Waals surface area contributed by atoms with Gasteiger partial charge in [0.2, 0.25) is 5.91 Å². The van der Waals surface area contributed by atoms with Gasteiger partial charge in [-0.2, -0.15) is 0 Å². The van der Waals surface area contributed by atoms with Gasteiger partial charge in [0.05, 0.1) is 12.6 Å². The highest BCUT2D eigenvalue weighted by atomic mass is 16.5. The third-order valence-corrected chi connectivity index (χ3v) is 3.34. The number of rotatable bonds is 5. The molecule has 3 N–H and O–H groups in total. The maximum Gasteiger partial charge on any atom is 0.328 e. The van der Waals surface area contributed by atoms with Gasteiger partial charge in [0.1, 0.15) is 0 Å². The van der Waals surface area contributed by atoms with E-state index in [2.05, 4.69) is 10.6 Å². The number of ether oxygens (including phenoxy) is 1. The van der Waals surface area contributed by atoms with Crippen LogP contribution in [0.15, 0.2) is 0 Å². The summed E-state index contributed by atoms with van der Waals surface area (Å²) in [5.41, 5.74) is -0.168. The predicted octanol–water partition coefficient (Wildman–Crippen LogP) is -0.0196. The first-order valence-electron chi connectivity index (χ1n) is 6.14. The number of hydrogen-bond acceptors (Lipinski definition) is 4. The topological polar surface area (TPSA) is 87.7 Å². The van der Waals surface area contributed by atoms with E-state index >= 15 is 0 Å². The van der Waals surface area contributed by atoms with Crippen LogP contribution in [0, 0.1) is 5.41 Å². The Labute approximate surface area is 107 Å². The lowest BCUT2D eigenvalue weighted by Crippen LogP contribution is -2.58. The van der Waals surface area contributed by atoms with Crippen LogP contribution in [0.5, 0.6) is 0 Å².